The lowest BCUT2D eigenvalue weighted by molar-refractivity contribution is -0.510. The molecule has 0 unspecified atom stereocenters. The molecular formula is C18H16NO4+. The number of rotatable bonds is 2. The minimum absolute atomic E-state index is 0.248. The van der Waals surface area contributed by atoms with Crippen LogP contribution in [0.15, 0.2) is 42.7 Å². The van der Waals surface area contributed by atoms with Crippen LogP contribution in [-0.4, -0.2) is 11.9 Å². The van der Waals surface area contributed by atoms with E-state index >= 15 is 0 Å². The van der Waals surface area contributed by atoms with E-state index in [1.165, 1.54) is 13.8 Å². The first-order chi connectivity index (χ1) is 11.0. The third kappa shape index (κ3) is 2.85. The van der Waals surface area contributed by atoms with E-state index in [1.807, 2.05) is 48.0 Å². The van der Waals surface area contributed by atoms with Gasteiger partial charge in [0.2, 0.25) is 5.52 Å². The van der Waals surface area contributed by atoms with Gasteiger partial charge < -0.3 is 9.47 Å². The highest BCUT2D eigenvalue weighted by Crippen LogP contribution is 2.37. The first kappa shape index (κ1) is 15.0. The predicted octanol–water partition coefficient (Wildman–Crippen LogP) is 2.74. The van der Waals surface area contributed by atoms with Gasteiger partial charge in [0.25, 0.3) is 0 Å². The van der Waals surface area contributed by atoms with Crippen LogP contribution in [0.4, 0.5) is 0 Å². The topological polar surface area (TPSA) is 56.7 Å². The average molecular weight is 310 g/mol. The fourth-order valence-corrected chi connectivity index (χ4v) is 2.61. The van der Waals surface area contributed by atoms with Gasteiger partial charge in [-0.25, -0.2) is 0 Å². The molecule has 0 atom stereocenters. The molecule has 0 N–H and O–H groups in total. The van der Waals surface area contributed by atoms with Crippen LogP contribution in [0.3, 0.4) is 0 Å². The van der Waals surface area contributed by atoms with Crippen molar-refractivity contribution >= 4 is 28.2 Å². The highest BCUT2D eigenvalue weighted by Gasteiger charge is 2.19. The second-order valence-corrected chi connectivity index (χ2v) is 5.33. The Labute approximate surface area is 133 Å². The molecule has 0 saturated heterocycles. The van der Waals surface area contributed by atoms with Gasteiger partial charge in [0.1, 0.15) is 0 Å². The Morgan fingerprint density at radius 2 is 1.78 bits per heavy atom. The fourth-order valence-electron chi connectivity index (χ4n) is 2.61. The Morgan fingerprint density at radius 3 is 2.48 bits per heavy atom. The zero-order valence-corrected chi connectivity index (χ0v) is 13.1. The number of carbonyl (C=O) groups excluding carboxylic acids is 2. The van der Waals surface area contributed by atoms with Crippen molar-refractivity contribution in [1.82, 2.24) is 0 Å². The van der Waals surface area contributed by atoms with Gasteiger partial charge in [-0.2, -0.15) is 4.40 Å². The Bertz CT molecular complexity index is 947. The molecule has 2 aromatic heterocycles. The maximum atomic E-state index is 11.4. The lowest BCUT2D eigenvalue weighted by Gasteiger charge is -2.13. The number of ether oxygens (including phenoxy) is 2. The normalized spacial score (nSPS) is 10.7. The van der Waals surface area contributed by atoms with Crippen LogP contribution in [0.2, 0.25) is 0 Å². The van der Waals surface area contributed by atoms with Crippen molar-refractivity contribution in [3.05, 3.63) is 48.3 Å². The monoisotopic (exact) mass is 310 g/mol. The lowest BCUT2D eigenvalue weighted by atomic mass is 10.0. The van der Waals surface area contributed by atoms with Crippen molar-refractivity contribution in [2.45, 2.75) is 20.8 Å². The SMILES string of the molecule is CC(=O)Oc1cc2cc3cccc[n+]3cc2c(C)c1OC(C)=O. The van der Waals surface area contributed by atoms with E-state index in [-0.39, 0.29) is 11.5 Å². The molecule has 0 amide bonds. The molecule has 0 fully saturated rings. The second-order valence-electron chi connectivity index (χ2n) is 5.33. The molecule has 0 saturated carbocycles. The van der Waals surface area contributed by atoms with E-state index < -0.39 is 11.9 Å². The molecule has 5 nitrogen and oxygen atoms in total. The molecule has 0 aliphatic carbocycles. The summed E-state index contributed by atoms with van der Waals surface area (Å²) in [6, 6.07) is 9.59. The number of nitrogens with zero attached hydrogens (tertiary/aromatic N) is 1. The van der Waals surface area contributed by atoms with Crippen LogP contribution in [0.5, 0.6) is 11.5 Å². The predicted molar refractivity (Wildman–Crippen MR) is 84.5 cm³/mol. The highest BCUT2D eigenvalue weighted by molar-refractivity contribution is 5.92. The van der Waals surface area contributed by atoms with Gasteiger partial charge in [0.05, 0.1) is 5.39 Å². The molecule has 116 valence electrons. The molecular weight excluding hydrogens is 294 g/mol. The smallest absolute Gasteiger partial charge is 0.308 e. The molecule has 2 heterocycles. The standard InChI is InChI=1S/C18H16NO4/c1-11-16-10-19-7-5-4-6-15(19)8-14(16)9-17(22-12(2)20)18(11)23-13(3)21/h4-10H,1-3H3/q+1. The van der Waals surface area contributed by atoms with Crippen LogP contribution in [0.1, 0.15) is 19.4 Å². The number of aryl methyl sites for hydroxylation is 1. The molecule has 0 radical (unpaired) electrons. The second kappa shape index (κ2) is 5.68. The van der Waals surface area contributed by atoms with Gasteiger partial charge in [-0.3, -0.25) is 9.59 Å². The Kier molecular flexibility index (Phi) is 3.70. The minimum atomic E-state index is -0.465. The summed E-state index contributed by atoms with van der Waals surface area (Å²) in [4.78, 5) is 22.7. The Balaban J connectivity index is 2.33. The highest BCUT2D eigenvalue weighted by atomic mass is 16.6. The van der Waals surface area contributed by atoms with Crippen LogP contribution < -0.4 is 13.9 Å². The molecule has 0 bridgehead atoms. The third-order valence-corrected chi connectivity index (χ3v) is 3.56. The van der Waals surface area contributed by atoms with Crippen molar-refractivity contribution in [2.24, 2.45) is 0 Å². The summed E-state index contributed by atoms with van der Waals surface area (Å²) in [7, 11) is 0. The number of aromatic nitrogens is 1. The molecule has 0 aliphatic heterocycles. The molecule has 3 rings (SSSR count). The van der Waals surface area contributed by atoms with Crippen molar-refractivity contribution in [2.75, 3.05) is 0 Å². The largest absolute Gasteiger partial charge is 0.423 e. The molecule has 0 aliphatic rings. The van der Waals surface area contributed by atoms with E-state index in [2.05, 4.69) is 0 Å². The third-order valence-electron chi connectivity index (χ3n) is 3.56. The summed E-state index contributed by atoms with van der Waals surface area (Å²) in [5, 5.41) is 1.82. The molecule has 5 heteroatoms. The average Bonchev–Trinajstić information content (AvgIpc) is 2.49. The molecule has 0 spiro atoms. The van der Waals surface area contributed by atoms with Crippen LogP contribution >= 0.6 is 0 Å². The number of hydrogen-bond acceptors (Lipinski definition) is 4. The summed E-state index contributed by atoms with van der Waals surface area (Å²) in [5.74, 6) is -0.407. The number of esters is 2. The number of hydrogen-bond donors (Lipinski definition) is 0. The number of pyridine rings is 2. The van der Waals surface area contributed by atoms with Gasteiger partial charge in [0.15, 0.2) is 23.9 Å². The van der Waals surface area contributed by atoms with Gasteiger partial charge in [-0.15, -0.1) is 0 Å². The van der Waals surface area contributed by atoms with E-state index in [0.717, 1.165) is 21.9 Å². The van der Waals surface area contributed by atoms with Gasteiger partial charge >= 0.3 is 11.9 Å². The summed E-state index contributed by atoms with van der Waals surface area (Å²) in [5.41, 5.74) is 1.75. The number of fused-ring (bicyclic) bond motifs is 2. The first-order valence-corrected chi connectivity index (χ1v) is 7.20. The summed E-state index contributed by atoms with van der Waals surface area (Å²) < 4.78 is 12.5. The maximum Gasteiger partial charge on any atom is 0.308 e. The van der Waals surface area contributed by atoms with Crippen LogP contribution in [-0.2, 0) is 9.59 Å². The van der Waals surface area contributed by atoms with Crippen molar-refractivity contribution in [1.29, 1.82) is 0 Å². The van der Waals surface area contributed by atoms with Crippen molar-refractivity contribution in [3.8, 4) is 11.5 Å². The summed E-state index contributed by atoms with van der Waals surface area (Å²) in [6.07, 6.45) is 3.91. The zero-order valence-electron chi connectivity index (χ0n) is 13.1. The number of carbonyl (C=O) groups is 2. The van der Waals surface area contributed by atoms with E-state index in [4.69, 9.17) is 9.47 Å². The van der Waals surface area contributed by atoms with Crippen molar-refractivity contribution < 1.29 is 23.5 Å². The number of benzene rings is 1. The maximum absolute atomic E-state index is 11.4. The summed E-state index contributed by atoms with van der Waals surface area (Å²) in [6.45, 7) is 4.46. The molecule has 3 aromatic rings. The zero-order chi connectivity index (χ0) is 16.6. The summed E-state index contributed by atoms with van der Waals surface area (Å²) >= 11 is 0. The van der Waals surface area contributed by atoms with E-state index in [1.54, 1.807) is 6.07 Å². The Hall–Kier alpha value is -2.95. The van der Waals surface area contributed by atoms with Crippen molar-refractivity contribution in [3.63, 3.8) is 0 Å². The Morgan fingerprint density at radius 1 is 1.04 bits per heavy atom. The lowest BCUT2D eigenvalue weighted by Crippen LogP contribution is -2.20. The minimum Gasteiger partial charge on any atom is -0.423 e. The molecule has 1 aromatic carbocycles. The van der Waals surface area contributed by atoms with E-state index in [9.17, 15) is 9.59 Å². The first-order valence-electron chi connectivity index (χ1n) is 7.20. The van der Waals surface area contributed by atoms with Gasteiger partial charge in [0, 0.05) is 37.6 Å². The van der Waals surface area contributed by atoms with Crippen LogP contribution in [0, 0.1) is 6.92 Å². The fraction of sp³-hybridized carbons (Fsp3) is 0.167. The molecule has 23 heavy (non-hydrogen) atoms. The van der Waals surface area contributed by atoms with Gasteiger partial charge in [-0.1, -0.05) is 0 Å². The quantitative estimate of drug-likeness (QED) is 0.316. The van der Waals surface area contributed by atoms with E-state index in [0.29, 0.717) is 0 Å². The van der Waals surface area contributed by atoms with Crippen LogP contribution in [0.25, 0.3) is 16.3 Å². The van der Waals surface area contributed by atoms with Gasteiger partial charge in [-0.05, 0) is 24.4 Å².